The number of hydrogen-bond acceptors (Lipinski definition) is 4. The van der Waals surface area contributed by atoms with Gasteiger partial charge in [0, 0.05) is 25.0 Å². The van der Waals surface area contributed by atoms with Gasteiger partial charge in [0.05, 0.1) is 11.5 Å². The molecule has 0 radical (unpaired) electrons. The predicted molar refractivity (Wildman–Crippen MR) is 87.1 cm³/mol. The molecule has 1 aliphatic rings. The Bertz CT molecular complexity index is 601. The van der Waals surface area contributed by atoms with Crippen LogP contribution in [0.1, 0.15) is 37.8 Å². The summed E-state index contributed by atoms with van der Waals surface area (Å²) < 4.78 is 23.3. The molecule has 0 aliphatic carbocycles. The van der Waals surface area contributed by atoms with Gasteiger partial charge < -0.3 is 10.6 Å². The molecule has 0 spiro atoms. The van der Waals surface area contributed by atoms with Gasteiger partial charge in [0.1, 0.15) is 0 Å². The topological polar surface area (TPSA) is 80.5 Å². The van der Waals surface area contributed by atoms with E-state index in [1.54, 1.807) is 4.90 Å². The third kappa shape index (κ3) is 4.30. The molecule has 2 unspecified atom stereocenters. The number of benzene rings is 1. The molecule has 5 nitrogen and oxygen atoms in total. The van der Waals surface area contributed by atoms with E-state index in [9.17, 15) is 13.2 Å². The summed E-state index contributed by atoms with van der Waals surface area (Å²) in [4.78, 5) is 14.3. The van der Waals surface area contributed by atoms with Crippen molar-refractivity contribution in [2.75, 3.05) is 18.1 Å². The van der Waals surface area contributed by atoms with E-state index in [1.807, 2.05) is 37.3 Å². The van der Waals surface area contributed by atoms with E-state index >= 15 is 0 Å². The van der Waals surface area contributed by atoms with Crippen LogP contribution in [0.4, 0.5) is 0 Å². The molecule has 0 bridgehead atoms. The lowest BCUT2D eigenvalue weighted by molar-refractivity contribution is -0.133. The third-order valence-corrected chi connectivity index (χ3v) is 5.81. The molecule has 22 heavy (non-hydrogen) atoms. The van der Waals surface area contributed by atoms with Gasteiger partial charge in [0.25, 0.3) is 0 Å². The summed E-state index contributed by atoms with van der Waals surface area (Å²) in [6.45, 7) is 2.57. The Kier molecular flexibility index (Phi) is 5.58. The van der Waals surface area contributed by atoms with Crippen LogP contribution in [0.2, 0.25) is 0 Å². The monoisotopic (exact) mass is 324 g/mol. The van der Waals surface area contributed by atoms with Crippen molar-refractivity contribution in [2.24, 2.45) is 5.73 Å². The molecule has 6 heteroatoms. The van der Waals surface area contributed by atoms with Crippen LogP contribution in [-0.4, -0.2) is 43.3 Å². The fourth-order valence-electron chi connectivity index (χ4n) is 2.90. The number of carbonyl (C=O) groups is 1. The van der Waals surface area contributed by atoms with Crippen LogP contribution in [0.25, 0.3) is 0 Å². The molecule has 122 valence electrons. The van der Waals surface area contributed by atoms with Gasteiger partial charge in [-0.1, -0.05) is 37.3 Å². The zero-order chi connectivity index (χ0) is 16.2. The summed E-state index contributed by atoms with van der Waals surface area (Å²) in [5.41, 5.74) is 7.04. The highest BCUT2D eigenvalue weighted by Crippen LogP contribution is 2.21. The molecular weight excluding hydrogens is 300 g/mol. The van der Waals surface area contributed by atoms with Crippen LogP contribution in [0.3, 0.4) is 0 Å². The Labute approximate surface area is 132 Å². The minimum absolute atomic E-state index is 0.0553. The van der Waals surface area contributed by atoms with Crippen molar-refractivity contribution in [3.63, 3.8) is 0 Å². The molecule has 2 N–H and O–H groups in total. The molecule has 0 aromatic heterocycles. The summed E-state index contributed by atoms with van der Waals surface area (Å²) >= 11 is 0. The van der Waals surface area contributed by atoms with Crippen LogP contribution in [0.5, 0.6) is 0 Å². The number of nitrogens with two attached hydrogens (primary N) is 1. The first-order chi connectivity index (χ1) is 10.4. The second kappa shape index (κ2) is 7.24. The lowest BCUT2D eigenvalue weighted by Gasteiger charge is -2.29. The smallest absolute Gasteiger partial charge is 0.224 e. The molecule has 1 saturated heterocycles. The maximum Gasteiger partial charge on any atom is 0.224 e. The van der Waals surface area contributed by atoms with Gasteiger partial charge in [-0.15, -0.1) is 0 Å². The summed E-state index contributed by atoms with van der Waals surface area (Å²) in [6, 6.07) is 8.96. The molecule has 1 aromatic rings. The van der Waals surface area contributed by atoms with E-state index in [-0.39, 0.29) is 35.9 Å². The zero-order valence-corrected chi connectivity index (χ0v) is 13.8. The van der Waals surface area contributed by atoms with Crippen LogP contribution in [0.15, 0.2) is 30.3 Å². The van der Waals surface area contributed by atoms with Crippen LogP contribution < -0.4 is 5.73 Å². The number of rotatable bonds is 6. The fourth-order valence-corrected chi connectivity index (χ4v) is 4.63. The maximum atomic E-state index is 12.6. The van der Waals surface area contributed by atoms with E-state index < -0.39 is 9.84 Å². The molecular formula is C16H24N2O3S. The van der Waals surface area contributed by atoms with Crippen LogP contribution in [0, 0.1) is 0 Å². The molecule has 2 rings (SSSR count). The average molecular weight is 324 g/mol. The van der Waals surface area contributed by atoms with Crippen molar-refractivity contribution in [1.29, 1.82) is 0 Å². The van der Waals surface area contributed by atoms with Gasteiger partial charge in [-0.2, -0.15) is 0 Å². The van der Waals surface area contributed by atoms with Gasteiger partial charge in [-0.05, 0) is 18.4 Å². The normalized spacial score (nSPS) is 21.5. The molecule has 1 aromatic carbocycles. The second-order valence-corrected chi connectivity index (χ2v) is 8.09. The summed E-state index contributed by atoms with van der Waals surface area (Å²) in [5.74, 6) is 0.204. The van der Waals surface area contributed by atoms with Crippen molar-refractivity contribution in [3.8, 4) is 0 Å². The highest BCUT2D eigenvalue weighted by molar-refractivity contribution is 7.91. The van der Waals surface area contributed by atoms with Crippen molar-refractivity contribution in [2.45, 2.75) is 38.3 Å². The number of amides is 1. The van der Waals surface area contributed by atoms with E-state index in [1.165, 1.54) is 0 Å². The van der Waals surface area contributed by atoms with Gasteiger partial charge in [-0.3, -0.25) is 4.79 Å². The Balaban J connectivity index is 2.04. The third-order valence-electron chi connectivity index (χ3n) is 4.06. The SMILES string of the molecule is CCCN(C(=O)CC(N)c1ccccc1)C1CCS(=O)(=O)C1. The van der Waals surface area contributed by atoms with Gasteiger partial charge >= 0.3 is 0 Å². The van der Waals surface area contributed by atoms with Gasteiger partial charge in [0.15, 0.2) is 9.84 Å². The van der Waals surface area contributed by atoms with Gasteiger partial charge in [-0.25, -0.2) is 8.42 Å². The standard InChI is InChI=1S/C16H24N2O3S/c1-2-9-18(14-8-10-22(20,21)12-14)16(19)11-15(17)13-6-4-3-5-7-13/h3-7,14-15H,2,8-12,17H2,1H3. The van der Waals surface area contributed by atoms with E-state index in [2.05, 4.69) is 0 Å². The molecule has 1 fully saturated rings. The van der Waals surface area contributed by atoms with Crippen molar-refractivity contribution >= 4 is 15.7 Å². The first kappa shape index (κ1) is 17.0. The first-order valence-corrected chi connectivity index (χ1v) is 9.55. The molecule has 2 atom stereocenters. The van der Waals surface area contributed by atoms with Crippen LogP contribution in [-0.2, 0) is 14.6 Å². The minimum Gasteiger partial charge on any atom is -0.339 e. The quantitative estimate of drug-likeness (QED) is 0.860. The van der Waals surface area contributed by atoms with Crippen molar-refractivity contribution in [1.82, 2.24) is 4.90 Å². The summed E-state index contributed by atoms with van der Waals surface area (Å²) in [6.07, 6.45) is 1.55. The van der Waals surface area contributed by atoms with E-state index in [0.29, 0.717) is 13.0 Å². The highest BCUT2D eigenvalue weighted by atomic mass is 32.2. The zero-order valence-electron chi connectivity index (χ0n) is 12.9. The van der Waals surface area contributed by atoms with E-state index in [0.717, 1.165) is 12.0 Å². The first-order valence-electron chi connectivity index (χ1n) is 7.73. The largest absolute Gasteiger partial charge is 0.339 e. The van der Waals surface area contributed by atoms with Gasteiger partial charge in [0.2, 0.25) is 5.91 Å². The van der Waals surface area contributed by atoms with Crippen LogP contribution >= 0.6 is 0 Å². The Morgan fingerprint density at radius 2 is 2.05 bits per heavy atom. The fraction of sp³-hybridized carbons (Fsp3) is 0.562. The Morgan fingerprint density at radius 1 is 1.36 bits per heavy atom. The van der Waals surface area contributed by atoms with Crippen molar-refractivity contribution < 1.29 is 13.2 Å². The highest BCUT2D eigenvalue weighted by Gasteiger charge is 2.34. The average Bonchev–Trinajstić information content (AvgIpc) is 2.85. The number of nitrogens with zero attached hydrogens (tertiary/aromatic N) is 1. The Hall–Kier alpha value is -1.40. The van der Waals surface area contributed by atoms with E-state index in [4.69, 9.17) is 5.73 Å². The summed E-state index contributed by atoms with van der Waals surface area (Å²) in [7, 11) is -3.00. The number of sulfone groups is 1. The minimum atomic E-state index is -3.00. The molecule has 1 amide bonds. The number of carbonyl (C=O) groups excluding carboxylic acids is 1. The number of hydrogen-bond donors (Lipinski definition) is 1. The predicted octanol–water partition coefficient (Wildman–Crippen LogP) is 1.50. The maximum absolute atomic E-state index is 12.6. The summed E-state index contributed by atoms with van der Waals surface area (Å²) in [5, 5.41) is 0. The lowest BCUT2D eigenvalue weighted by Crippen LogP contribution is -2.42. The molecule has 0 saturated carbocycles. The van der Waals surface area contributed by atoms with Crippen molar-refractivity contribution in [3.05, 3.63) is 35.9 Å². The molecule has 1 heterocycles. The molecule has 1 aliphatic heterocycles. The second-order valence-electron chi connectivity index (χ2n) is 5.87. The Morgan fingerprint density at radius 3 is 2.59 bits per heavy atom. The lowest BCUT2D eigenvalue weighted by atomic mass is 10.0.